The number of alkyl carbamates (subject to hydrolysis) is 1. The molecule has 0 heterocycles. The summed E-state index contributed by atoms with van der Waals surface area (Å²) < 4.78 is 44.1. The second kappa shape index (κ2) is 19.7. The third-order valence-corrected chi connectivity index (χ3v) is 14.2. The van der Waals surface area contributed by atoms with E-state index in [0.29, 0.717) is 51.4 Å². The van der Waals surface area contributed by atoms with Crippen LogP contribution >= 0.6 is 7.82 Å². The normalized spacial score (nSPS) is 32.0. The number of carbonyl (C=O) groups excluding carboxylic acids is 1. The van der Waals surface area contributed by atoms with Crippen LogP contribution in [0.4, 0.5) is 4.79 Å². The van der Waals surface area contributed by atoms with Crippen molar-refractivity contribution in [3.8, 4) is 0 Å². The maximum atomic E-state index is 12.7. The zero-order chi connectivity index (χ0) is 38.0. The number of nitrogens with one attached hydrogen (secondary N) is 1. The van der Waals surface area contributed by atoms with Crippen LogP contribution in [0, 0.1) is 46.3 Å². The molecule has 4 aliphatic rings. The Kier molecular flexibility index (Phi) is 16.6. The molecule has 0 spiro atoms. The molecule has 1 amide bonds. The molecule has 0 aliphatic heterocycles. The Bertz CT molecular complexity index is 1190. The van der Waals surface area contributed by atoms with Crippen molar-refractivity contribution in [2.45, 2.75) is 144 Å². The third-order valence-electron chi connectivity index (χ3n) is 12.9. The first kappa shape index (κ1) is 43.7. The summed E-state index contributed by atoms with van der Waals surface area (Å²) in [6, 6.07) is 0. The molecule has 4 aliphatic carbocycles. The first-order valence-electron chi connectivity index (χ1n) is 20.6. The highest BCUT2D eigenvalue weighted by Gasteiger charge is 2.59. The molecule has 0 radical (unpaired) electrons. The van der Waals surface area contributed by atoms with E-state index >= 15 is 0 Å². The monoisotopic (exact) mass is 756 g/mol. The van der Waals surface area contributed by atoms with E-state index in [4.69, 9.17) is 28.0 Å². The number of rotatable bonds is 21. The van der Waals surface area contributed by atoms with E-state index in [1.54, 1.807) is 26.3 Å². The minimum atomic E-state index is -4.09. The predicted molar refractivity (Wildman–Crippen MR) is 205 cm³/mol. The summed E-state index contributed by atoms with van der Waals surface area (Å²) in [5.41, 5.74) is 1.53. The smallest absolute Gasteiger partial charge is 0.446 e. The van der Waals surface area contributed by atoms with Crippen molar-refractivity contribution in [1.29, 1.82) is 0 Å². The van der Waals surface area contributed by atoms with E-state index in [1.807, 2.05) is 0 Å². The molecule has 11 heteroatoms. The van der Waals surface area contributed by atoms with E-state index in [2.05, 4.69) is 46.0 Å². The zero-order valence-electron chi connectivity index (χ0n) is 33.9. The van der Waals surface area contributed by atoms with Gasteiger partial charge < -0.3 is 29.2 Å². The Morgan fingerprint density at radius 1 is 0.904 bits per heavy atom. The van der Waals surface area contributed by atoms with Gasteiger partial charge in [-0.1, -0.05) is 65.5 Å². The lowest BCUT2D eigenvalue weighted by atomic mass is 9.47. The van der Waals surface area contributed by atoms with E-state index < -0.39 is 13.4 Å². The summed E-state index contributed by atoms with van der Waals surface area (Å²) >= 11 is 0. The van der Waals surface area contributed by atoms with E-state index in [9.17, 15) is 14.3 Å². The Balaban J connectivity index is 1.05. The summed E-state index contributed by atoms with van der Waals surface area (Å²) in [4.78, 5) is 22.3. The van der Waals surface area contributed by atoms with Crippen molar-refractivity contribution in [2.24, 2.45) is 46.3 Å². The summed E-state index contributed by atoms with van der Waals surface area (Å²) in [5, 5.41) is 2.91. The van der Waals surface area contributed by atoms with E-state index in [-0.39, 0.29) is 30.8 Å². The first-order valence-corrected chi connectivity index (χ1v) is 22.1. The Morgan fingerprint density at radius 2 is 1.58 bits per heavy atom. The predicted octanol–water partition coefficient (Wildman–Crippen LogP) is 9.49. The van der Waals surface area contributed by atoms with Gasteiger partial charge in [-0.3, -0.25) is 9.05 Å². The number of phosphoric ester groups is 1. The number of phosphoric acid groups is 1. The van der Waals surface area contributed by atoms with Crippen LogP contribution in [0.1, 0.15) is 132 Å². The molecule has 5 unspecified atom stereocenters. The van der Waals surface area contributed by atoms with Gasteiger partial charge in [-0.15, -0.1) is 0 Å². The molecule has 0 bridgehead atoms. The number of hydrogen-bond donors (Lipinski definition) is 2. The van der Waals surface area contributed by atoms with Gasteiger partial charge in [0.05, 0.1) is 45.2 Å². The van der Waals surface area contributed by atoms with Gasteiger partial charge in [-0.25, -0.2) is 9.36 Å². The Labute approximate surface area is 315 Å². The van der Waals surface area contributed by atoms with Gasteiger partial charge >= 0.3 is 13.9 Å². The van der Waals surface area contributed by atoms with Gasteiger partial charge in [-0.2, -0.15) is 0 Å². The highest BCUT2D eigenvalue weighted by Crippen LogP contribution is 2.67. The van der Waals surface area contributed by atoms with E-state index in [1.165, 1.54) is 51.4 Å². The Hall–Kier alpha value is -1.00. The van der Waals surface area contributed by atoms with Crippen molar-refractivity contribution >= 4 is 13.9 Å². The molecule has 9 atom stereocenters. The summed E-state index contributed by atoms with van der Waals surface area (Å²) in [6.07, 6.45) is 16.8. The van der Waals surface area contributed by atoms with Crippen molar-refractivity contribution in [1.82, 2.24) is 5.32 Å². The molecule has 0 aromatic heterocycles. The molecule has 302 valence electrons. The number of carbonyl (C=O) groups is 1. The van der Waals surface area contributed by atoms with Crippen LogP contribution in [0.5, 0.6) is 0 Å². The fourth-order valence-electron chi connectivity index (χ4n) is 10.4. The Morgan fingerprint density at radius 3 is 2.25 bits per heavy atom. The minimum absolute atomic E-state index is 0.0453. The van der Waals surface area contributed by atoms with Crippen LogP contribution in [0.3, 0.4) is 0 Å². The number of hydrogen-bond acceptors (Lipinski definition) is 8. The van der Waals surface area contributed by atoms with Crippen LogP contribution in [0.2, 0.25) is 0 Å². The summed E-state index contributed by atoms with van der Waals surface area (Å²) in [5.74, 6) is 4.97. The lowest BCUT2D eigenvalue weighted by molar-refractivity contribution is -0.0581. The van der Waals surface area contributed by atoms with Gasteiger partial charge in [-0.05, 0) is 118 Å². The fourth-order valence-corrected chi connectivity index (χ4v) is 11.5. The van der Waals surface area contributed by atoms with Gasteiger partial charge in [0.1, 0.15) is 6.10 Å². The lowest BCUT2D eigenvalue weighted by Crippen LogP contribution is -2.51. The highest BCUT2D eigenvalue weighted by atomic mass is 31.2. The van der Waals surface area contributed by atoms with Crippen LogP contribution in [-0.4, -0.2) is 75.5 Å². The van der Waals surface area contributed by atoms with Gasteiger partial charge in [0, 0.05) is 19.6 Å². The number of allylic oxidation sites excluding steroid dienone is 1. The van der Waals surface area contributed by atoms with Crippen LogP contribution in [-0.2, 0) is 32.6 Å². The quantitative estimate of drug-likeness (QED) is 0.0670. The molecule has 4 rings (SSSR count). The number of fused-ring (bicyclic) bond motifs is 5. The van der Waals surface area contributed by atoms with Gasteiger partial charge in [0.2, 0.25) is 0 Å². The number of ether oxygens (including phenoxy) is 4. The zero-order valence-corrected chi connectivity index (χ0v) is 34.8. The molecule has 0 saturated heterocycles. The summed E-state index contributed by atoms with van der Waals surface area (Å²) in [6.45, 7) is 20.2. The molecular formula is C41H74NO9P. The maximum Gasteiger partial charge on any atom is 0.472 e. The second-order valence-corrected chi connectivity index (χ2v) is 19.6. The molecule has 0 aromatic rings. The fraction of sp³-hybridized carbons (Fsp3) is 0.927. The molecular weight excluding hydrogens is 681 g/mol. The third kappa shape index (κ3) is 12.5. The largest absolute Gasteiger partial charge is 0.472 e. The average molecular weight is 756 g/mol. The molecule has 3 fully saturated rings. The van der Waals surface area contributed by atoms with Crippen molar-refractivity contribution < 1.29 is 42.2 Å². The maximum absolute atomic E-state index is 12.7. The van der Waals surface area contributed by atoms with Crippen LogP contribution in [0.25, 0.3) is 0 Å². The SMILES string of the molecule is CC(C)CCC[C@@H](C)C1CCC2C3CC=C4C[C@@H](OC(=O)NCCCOCCOCCOCCOP(=O)(O)OC(C)(C)C)CC[C@]4(C)C3CC[C@@]21C. The molecule has 10 nitrogen and oxygen atoms in total. The highest BCUT2D eigenvalue weighted by molar-refractivity contribution is 7.47. The standard InChI is InChI=1S/C41H74NO9P/c1-30(2)11-9-12-31(3)35-15-16-36-34-14-13-32-29-33(17-19-40(32,7)37(34)18-20-41(35,36)8)50-38(43)42-21-10-22-46-23-24-47-25-26-48-27-28-49-52(44,45)51-39(4,5)6/h13,30-31,33-37H,9-12,14-29H2,1-8H3,(H,42,43)(H,44,45)/t31-,33+,34?,35?,36?,37?,40+,41-/m1/s1. The van der Waals surface area contributed by atoms with Crippen molar-refractivity contribution in [3.05, 3.63) is 11.6 Å². The van der Waals surface area contributed by atoms with E-state index in [0.717, 1.165) is 54.8 Å². The topological polar surface area (TPSA) is 122 Å². The molecule has 2 N–H and O–H groups in total. The first-order chi connectivity index (χ1) is 24.5. The van der Waals surface area contributed by atoms with Crippen LogP contribution < -0.4 is 5.32 Å². The lowest BCUT2D eigenvalue weighted by Gasteiger charge is -2.58. The molecule has 0 aromatic carbocycles. The minimum Gasteiger partial charge on any atom is -0.446 e. The molecule has 3 saturated carbocycles. The second-order valence-electron chi connectivity index (χ2n) is 18.2. The summed E-state index contributed by atoms with van der Waals surface area (Å²) in [7, 11) is -4.09. The average Bonchev–Trinajstić information content (AvgIpc) is 3.41. The van der Waals surface area contributed by atoms with Gasteiger partial charge in [0.15, 0.2) is 0 Å². The molecule has 52 heavy (non-hydrogen) atoms. The van der Waals surface area contributed by atoms with Gasteiger partial charge in [0.25, 0.3) is 0 Å². The van der Waals surface area contributed by atoms with Crippen LogP contribution in [0.15, 0.2) is 11.6 Å². The van der Waals surface area contributed by atoms with Crippen molar-refractivity contribution in [3.63, 3.8) is 0 Å². The number of amides is 1. The van der Waals surface area contributed by atoms with Crippen molar-refractivity contribution in [2.75, 3.05) is 52.8 Å².